The zero-order chi connectivity index (χ0) is 19.3. The van der Waals surface area contributed by atoms with E-state index in [0.29, 0.717) is 22.9 Å². The topological polar surface area (TPSA) is 109 Å². The molecule has 0 aliphatic heterocycles. The molecule has 0 aliphatic carbocycles. The monoisotopic (exact) mass is 399 g/mol. The number of carbonyl (C=O) groups is 1. The van der Waals surface area contributed by atoms with Crippen molar-refractivity contribution in [3.63, 3.8) is 0 Å². The van der Waals surface area contributed by atoms with Crippen LogP contribution in [0.1, 0.15) is 10.4 Å². The van der Waals surface area contributed by atoms with E-state index in [0.717, 1.165) is 0 Å². The van der Waals surface area contributed by atoms with Gasteiger partial charge in [0.15, 0.2) is 11.5 Å². The van der Waals surface area contributed by atoms with Crippen molar-refractivity contribution in [3.8, 4) is 17.2 Å². The minimum Gasteiger partial charge on any atom is -0.755 e. The van der Waals surface area contributed by atoms with Gasteiger partial charge in [-0.05, 0) is 18.2 Å². The van der Waals surface area contributed by atoms with Crippen LogP contribution in [0.25, 0.3) is 0 Å². The van der Waals surface area contributed by atoms with Crippen LogP contribution in [-0.4, -0.2) is 36.0 Å². The first-order chi connectivity index (χ1) is 12.4. The van der Waals surface area contributed by atoms with Crippen LogP contribution >= 0.6 is 11.6 Å². The van der Waals surface area contributed by atoms with Crippen LogP contribution in [-0.2, 0) is 11.3 Å². The number of hydrogen-bond acceptors (Lipinski definition) is 6. The Morgan fingerprint density at radius 3 is 2.19 bits per heavy atom. The van der Waals surface area contributed by atoms with Crippen LogP contribution in [0.2, 0.25) is 5.02 Å². The van der Waals surface area contributed by atoms with E-state index in [9.17, 15) is 13.6 Å². The number of halogens is 1. The molecule has 0 aliphatic rings. The molecule has 0 aromatic heterocycles. The average molecular weight is 400 g/mol. The fourth-order valence-corrected chi connectivity index (χ4v) is 2.76. The first-order valence-corrected chi connectivity index (χ1v) is 8.61. The molecule has 1 atom stereocenters. The van der Waals surface area contributed by atoms with Gasteiger partial charge in [0.2, 0.25) is 5.75 Å². The molecule has 2 rings (SSSR count). The lowest BCUT2D eigenvalue weighted by Gasteiger charge is -2.15. The third-order valence-corrected chi connectivity index (χ3v) is 4.06. The molecule has 10 heteroatoms. The maximum absolute atomic E-state index is 12.5. The van der Waals surface area contributed by atoms with Crippen molar-refractivity contribution < 1.29 is 27.8 Å². The van der Waals surface area contributed by atoms with E-state index in [1.807, 2.05) is 0 Å². The highest BCUT2D eigenvalue weighted by Crippen LogP contribution is 2.40. The first-order valence-electron chi connectivity index (χ1n) is 7.16. The Morgan fingerprint density at radius 1 is 1.08 bits per heavy atom. The summed E-state index contributed by atoms with van der Waals surface area (Å²) in [5.74, 6) is 0.671. The molecule has 0 saturated heterocycles. The number of hydrogen-bond donors (Lipinski definition) is 2. The van der Waals surface area contributed by atoms with Crippen LogP contribution in [0.15, 0.2) is 30.3 Å². The molecule has 0 bridgehead atoms. The molecule has 2 aromatic carbocycles. The molecule has 0 fully saturated rings. The van der Waals surface area contributed by atoms with Crippen LogP contribution in [0.5, 0.6) is 17.2 Å². The second kappa shape index (κ2) is 8.75. The quantitative estimate of drug-likeness (QED) is 0.693. The van der Waals surface area contributed by atoms with E-state index in [4.69, 9.17) is 25.8 Å². The van der Waals surface area contributed by atoms with Gasteiger partial charge in [0.25, 0.3) is 5.91 Å². The molecular formula is C16H16ClN2O6S-. The zero-order valence-electron chi connectivity index (χ0n) is 14.1. The molecule has 0 spiro atoms. The second-order valence-electron chi connectivity index (χ2n) is 4.90. The molecule has 26 heavy (non-hydrogen) atoms. The molecule has 0 saturated carbocycles. The van der Waals surface area contributed by atoms with E-state index in [-0.39, 0.29) is 16.3 Å². The Hall–Kier alpha value is -2.49. The molecule has 140 valence electrons. The number of rotatable bonds is 7. The van der Waals surface area contributed by atoms with Gasteiger partial charge in [-0.15, -0.1) is 0 Å². The number of carbonyl (C=O) groups excluding carboxylic acids is 1. The van der Waals surface area contributed by atoms with Crippen LogP contribution in [0, 0.1) is 0 Å². The minimum atomic E-state index is -2.56. The minimum absolute atomic E-state index is 0.0949. The normalized spacial score (nSPS) is 11.4. The smallest absolute Gasteiger partial charge is 0.255 e. The Kier molecular flexibility index (Phi) is 6.67. The van der Waals surface area contributed by atoms with E-state index < -0.39 is 17.2 Å². The van der Waals surface area contributed by atoms with Gasteiger partial charge in [-0.2, -0.15) is 0 Å². The number of nitrogens with one attached hydrogen (secondary N) is 2. The molecule has 2 N–H and O–H groups in total. The van der Waals surface area contributed by atoms with Crippen LogP contribution < -0.4 is 24.2 Å². The predicted octanol–water partition coefficient (Wildman–Crippen LogP) is 2.82. The Labute approximate surface area is 157 Å². The summed E-state index contributed by atoms with van der Waals surface area (Å²) >= 11 is 3.34. The molecule has 1 amide bonds. The van der Waals surface area contributed by atoms with E-state index in [2.05, 4.69) is 10.0 Å². The maximum atomic E-state index is 12.5. The molecule has 1 unspecified atom stereocenters. The third-order valence-electron chi connectivity index (χ3n) is 3.34. The van der Waals surface area contributed by atoms with Crippen molar-refractivity contribution in [1.82, 2.24) is 0 Å². The highest BCUT2D eigenvalue weighted by molar-refractivity contribution is 7.80. The number of methoxy groups -OCH3 is 3. The summed E-state index contributed by atoms with van der Waals surface area (Å²) in [6.07, 6.45) is 0. The lowest BCUT2D eigenvalue weighted by atomic mass is 10.1. The van der Waals surface area contributed by atoms with Crippen LogP contribution in [0.4, 0.5) is 11.4 Å². The average Bonchev–Trinajstić information content (AvgIpc) is 2.62. The van der Waals surface area contributed by atoms with Gasteiger partial charge in [0.1, 0.15) is 0 Å². The highest BCUT2D eigenvalue weighted by atomic mass is 35.5. The van der Waals surface area contributed by atoms with Crippen molar-refractivity contribution in [2.24, 2.45) is 0 Å². The van der Waals surface area contributed by atoms with Gasteiger partial charge in [0, 0.05) is 34.7 Å². The van der Waals surface area contributed by atoms with Crippen molar-refractivity contribution >= 4 is 40.1 Å². The predicted molar refractivity (Wildman–Crippen MR) is 98.0 cm³/mol. The number of ether oxygens (including phenoxy) is 3. The zero-order valence-corrected chi connectivity index (χ0v) is 15.7. The van der Waals surface area contributed by atoms with E-state index >= 15 is 0 Å². The largest absolute Gasteiger partial charge is 0.755 e. The fraction of sp³-hybridized carbons (Fsp3) is 0.188. The first kappa shape index (κ1) is 19.8. The molecule has 0 heterocycles. The summed E-state index contributed by atoms with van der Waals surface area (Å²) < 4.78 is 39.4. The Morgan fingerprint density at radius 2 is 1.69 bits per heavy atom. The molecule has 8 nitrogen and oxygen atoms in total. The Bertz CT molecular complexity index is 820. The molecule has 2 aromatic rings. The van der Waals surface area contributed by atoms with E-state index in [1.54, 1.807) is 12.1 Å². The number of amides is 1. The van der Waals surface area contributed by atoms with Gasteiger partial charge in [-0.25, -0.2) is 0 Å². The van der Waals surface area contributed by atoms with Gasteiger partial charge in [-0.1, -0.05) is 11.6 Å². The van der Waals surface area contributed by atoms with Crippen molar-refractivity contribution in [2.45, 2.75) is 0 Å². The van der Waals surface area contributed by atoms with Crippen LogP contribution in [0.3, 0.4) is 0 Å². The number of anilines is 2. The lowest BCUT2D eigenvalue weighted by molar-refractivity contribution is 0.102. The summed E-state index contributed by atoms with van der Waals surface area (Å²) in [5, 5.41) is 2.84. The van der Waals surface area contributed by atoms with Crippen molar-refractivity contribution in [2.75, 3.05) is 31.4 Å². The van der Waals surface area contributed by atoms with Crippen molar-refractivity contribution in [3.05, 3.63) is 40.9 Å². The summed E-state index contributed by atoms with van der Waals surface area (Å²) in [7, 11) is 4.40. The van der Waals surface area contributed by atoms with Gasteiger partial charge < -0.3 is 28.8 Å². The highest BCUT2D eigenvalue weighted by Gasteiger charge is 2.16. The molecular weight excluding hydrogens is 384 g/mol. The number of benzene rings is 2. The van der Waals surface area contributed by atoms with E-state index in [1.165, 1.54) is 39.5 Å². The fourth-order valence-electron chi connectivity index (χ4n) is 2.19. The van der Waals surface area contributed by atoms with Gasteiger partial charge in [-0.3, -0.25) is 9.00 Å². The maximum Gasteiger partial charge on any atom is 0.255 e. The molecule has 0 radical (unpaired) electrons. The summed E-state index contributed by atoms with van der Waals surface area (Å²) in [5.41, 5.74) is 0.704. The standard InChI is InChI=1S/C16H17ClN2O6S/c1-23-13-7-10(8-14(24-2)15(13)25-3)18-16(20)9-4-5-11(17)12(6-9)19-26(21)22/h4-8,19H,1-3H3,(H,18,20)(H,21,22)/p-1. The lowest BCUT2D eigenvalue weighted by Crippen LogP contribution is -2.13. The third kappa shape index (κ3) is 4.57. The second-order valence-corrected chi connectivity index (χ2v) is 5.98. The summed E-state index contributed by atoms with van der Waals surface area (Å²) in [6.45, 7) is 0. The summed E-state index contributed by atoms with van der Waals surface area (Å²) in [6, 6.07) is 7.35. The van der Waals surface area contributed by atoms with Crippen molar-refractivity contribution in [1.29, 1.82) is 0 Å². The van der Waals surface area contributed by atoms with Gasteiger partial charge in [0.05, 0.1) is 32.0 Å². The Balaban J connectivity index is 2.31. The SMILES string of the molecule is COc1cc(NC(=O)c2ccc(Cl)c(NS(=O)[O-])c2)cc(OC)c1OC. The summed E-state index contributed by atoms with van der Waals surface area (Å²) in [4.78, 5) is 12.5. The van der Waals surface area contributed by atoms with Gasteiger partial charge >= 0.3 is 0 Å².